The lowest BCUT2D eigenvalue weighted by molar-refractivity contribution is -0.384. The molecule has 2 aromatic rings. The molecule has 1 amide bonds. The van der Waals surface area contributed by atoms with Crippen LogP contribution in [0.1, 0.15) is 15.9 Å². The number of hydrogen-bond donors (Lipinski definition) is 1. The highest BCUT2D eigenvalue weighted by molar-refractivity contribution is 6.04. The van der Waals surface area contributed by atoms with E-state index >= 15 is 0 Å². The largest absolute Gasteiger partial charge is 0.319 e. The second kappa shape index (κ2) is 5.48. The summed E-state index contributed by atoms with van der Waals surface area (Å²) in [6.07, 6.45) is 0. The summed E-state index contributed by atoms with van der Waals surface area (Å²) in [4.78, 5) is 21.9. The van der Waals surface area contributed by atoms with Gasteiger partial charge in [-0.15, -0.1) is 0 Å². The van der Waals surface area contributed by atoms with E-state index in [1.807, 2.05) is 13.0 Å². The summed E-state index contributed by atoms with van der Waals surface area (Å²) >= 11 is 0. The molecule has 0 aromatic heterocycles. The van der Waals surface area contributed by atoms with Gasteiger partial charge in [0.25, 0.3) is 11.6 Å². The van der Waals surface area contributed by atoms with Crippen molar-refractivity contribution < 1.29 is 14.1 Å². The van der Waals surface area contributed by atoms with Crippen LogP contribution in [0.3, 0.4) is 0 Å². The third-order valence-electron chi connectivity index (χ3n) is 2.69. The molecule has 0 saturated heterocycles. The van der Waals surface area contributed by atoms with Crippen molar-refractivity contribution in [2.75, 3.05) is 5.32 Å². The van der Waals surface area contributed by atoms with E-state index < -0.39 is 16.6 Å². The standard InChI is InChI=1S/C14H11FN2O3/c1-9-3-2-4-10(7-9)14(18)16-13-8-11(17(19)20)5-6-12(13)15/h2-8H,1H3,(H,16,18). The number of nitrogens with zero attached hydrogens (tertiary/aromatic N) is 1. The smallest absolute Gasteiger partial charge is 0.271 e. The molecule has 0 aliphatic carbocycles. The molecule has 2 rings (SSSR count). The number of carbonyl (C=O) groups is 1. The second-order valence-electron chi connectivity index (χ2n) is 4.24. The number of hydrogen-bond acceptors (Lipinski definition) is 3. The summed E-state index contributed by atoms with van der Waals surface area (Å²) in [5.74, 6) is -1.25. The van der Waals surface area contributed by atoms with Gasteiger partial charge in [-0.1, -0.05) is 17.7 Å². The summed E-state index contributed by atoms with van der Waals surface area (Å²) in [5.41, 5.74) is 0.740. The quantitative estimate of drug-likeness (QED) is 0.689. The van der Waals surface area contributed by atoms with Crippen LogP contribution in [0, 0.1) is 22.9 Å². The molecule has 20 heavy (non-hydrogen) atoms. The Hall–Kier alpha value is -2.76. The molecule has 2 aromatic carbocycles. The molecular formula is C14H11FN2O3. The van der Waals surface area contributed by atoms with Crippen molar-refractivity contribution in [3.05, 3.63) is 69.5 Å². The Labute approximate surface area is 114 Å². The highest BCUT2D eigenvalue weighted by Gasteiger charge is 2.14. The molecule has 5 nitrogen and oxygen atoms in total. The second-order valence-corrected chi connectivity index (χ2v) is 4.24. The van der Waals surface area contributed by atoms with Crippen LogP contribution in [0.5, 0.6) is 0 Å². The fourth-order valence-corrected chi connectivity index (χ4v) is 1.70. The summed E-state index contributed by atoms with van der Waals surface area (Å²) in [7, 11) is 0. The molecular weight excluding hydrogens is 263 g/mol. The van der Waals surface area contributed by atoms with Gasteiger partial charge in [0.05, 0.1) is 10.6 Å². The average molecular weight is 274 g/mol. The topological polar surface area (TPSA) is 72.2 Å². The van der Waals surface area contributed by atoms with Crippen molar-refractivity contribution in [2.45, 2.75) is 6.92 Å². The Morgan fingerprint density at radius 1 is 1.25 bits per heavy atom. The SMILES string of the molecule is Cc1cccc(C(=O)Nc2cc([N+](=O)[O-])ccc2F)c1. The van der Waals surface area contributed by atoms with E-state index in [2.05, 4.69) is 5.32 Å². The van der Waals surface area contributed by atoms with Crippen LogP contribution in [0.4, 0.5) is 15.8 Å². The lowest BCUT2D eigenvalue weighted by Crippen LogP contribution is -2.13. The minimum Gasteiger partial charge on any atom is -0.319 e. The van der Waals surface area contributed by atoms with Crippen molar-refractivity contribution in [3.63, 3.8) is 0 Å². The number of nitro benzene ring substituents is 1. The maximum absolute atomic E-state index is 13.6. The molecule has 6 heteroatoms. The molecule has 1 N–H and O–H groups in total. The summed E-state index contributed by atoms with van der Waals surface area (Å²) < 4.78 is 13.6. The van der Waals surface area contributed by atoms with Crippen molar-refractivity contribution in [1.29, 1.82) is 0 Å². The van der Waals surface area contributed by atoms with Crippen LogP contribution in [0.2, 0.25) is 0 Å². The average Bonchev–Trinajstić information content (AvgIpc) is 2.41. The van der Waals surface area contributed by atoms with Gasteiger partial charge in [-0.2, -0.15) is 0 Å². The molecule has 0 spiro atoms. The zero-order valence-electron chi connectivity index (χ0n) is 10.6. The lowest BCUT2D eigenvalue weighted by Gasteiger charge is -2.07. The van der Waals surface area contributed by atoms with Gasteiger partial charge in [0.15, 0.2) is 0 Å². The maximum atomic E-state index is 13.6. The number of non-ortho nitro benzene ring substituents is 1. The van der Waals surface area contributed by atoms with Gasteiger partial charge in [-0.25, -0.2) is 4.39 Å². The van der Waals surface area contributed by atoms with E-state index in [-0.39, 0.29) is 11.4 Å². The highest BCUT2D eigenvalue weighted by Crippen LogP contribution is 2.21. The molecule has 102 valence electrons. The Balaban J connectivity index is 2.27. The van der Waals surface area contributed by atoms with Gasteiger partial charge in [0.2, 0.25) is 0 Å². The first-order valence-electron chi connectivity index (χ1n) is 5.79. The number of amides is 1. The van der Waals surface area contributed by atoms with Crippen LogP contribution in [0.15, 0.2) is 42.5 Å². The van der Waals surface area contributed by atoms with Crippen LogP contribution in [0.25, 0.3) is 0 Å². The van der Waals surface area contributed by atoms with E-state index in [9.17, 15) is 19.3 Å². The summed E-state index contributed by atoms with van der Waals surface area (Å²) in [6, 6.07) is 9.73. The van der Waals surface area contributed by atoms with Gasteiger partial charge in [0.1, 0.15) is 5.82 Å². The number of halogens is 1. The molecule has 0 heterocycles. The maximum Gasteiger partial charge on any atom is 0.271 e. The normalized spacial score (nSPS) is 10.1. The summed E-state index contributed by atoms with van der Waals surface area (Å²) in [6.45, 7) is 1.82. The first kappa shape index (κ1) is 13.7. The van der Waals surface area contributed by atoms with Gasteiger partial charge < -0.3 is 5.32 Å². The van der Waals surface area contributed by atoms with E-state index in [4.69, 9.17) is 0 Å². The van der Waals surface area contributed by atoms with E-state index in [1.165, 1.54) is 0 Å². The predicted octanol–water partition coefficient (Wildman–Crippen LogP) is 3.29. The van der Waals surface area contributed by atoms with Crippen LogP contribution < -0.4 is 5.32 Å². The number of aryl methyl sites for hydroxylation is 1. The number of anilines is 1. The Kier molecular flexibility index (Phi) is 3.74. The Morgan fingerprint density at radius 2 is 2.00 bits per heavy atom. The molecule has 0 atom stereocenters. The molecule has 0 bridgehead atoms. The molecule has 0 fully saturated rings. The first-order valence-corrected chi connectivity index (χ1v) is 5.79. The van der Waals surface area contributed by atoms with E-state index in [1.54, 1.807) is 18.2 Å². The fourth-order valence-electron chi connectivity index (χ4n) is 1.70. The Bertz CT molecular complexity index is 686. The van der Waals surface area contributed by atoms with Gasteiger partial charge >= 0.3 is 0 Å². The van der Waals surface area contributed by atoms with Crippen molar-refractivity contribution in [3.8, 4) is 0 Å². The van der Waals surface area contributed by atoms with Crippen molar-refractivity contribution in [2.24, 2.45) is 0 Å². The number of nitro groups is 1. The minimum atomic E-state index is -0.725. The molecule has 0 unspecified atom stereocenters. The number of carbonyl (C=O) groups excluding carboxylic acids is 1. The lowest BCUT2D eigenvalue weighted by atomic mass is 10.1. The minimum absolute atomic E-state index is 0.217. The number of rotatable bonds is 3. The highest BCUT2D eigenvalue weighted by atomic mass is 19.1. The zero-order chi connectivity index (χ0) is 14.7. The number of benzene rings is 2. The third-order valence-corrected chi connectivity index (χ3v) is 2.69. The zero-order valence-corrected chi connectivity index (χ0v) is 10.6. The molecule has 0 saturated carbocycles. The first-order chi connectivity index (χ1) is 9.47. The van der Waals surface area contributed by atoms with Gasteiger partial charge in [-0.3, -0.25) is 14.9 Å². The van der Waals surface area contributed by atoms with E-state index in [0.717, 1.165) is 23.8 Å². The monoisotopic (exact) mass is 274 g/mol. The van der Waals surface area contributed by atoms with Crippen LogP contribution >= 0.6 is 0 Å². The predicted molar refractivity (Wildman–Crippen MR) is 72.2 cm³/mol. The van der Waals surface area contributed by atoms with E-state index in [0.29, 0.717) is 5.56 Å². The van der Waals surface area contributed by atoms with Crippen LogP contribution in [-0.4, -0.2) is 10.8 Å². The molecule has 0 aliphatic heterocycles. The van der Waals surface area contributed by atoms with Gasteiger partial charge in [0, 0.05) is 17.7 Å². The Morgan fingerprint density at radius 3 is 2.65 bits per heavy atom. The third kappa shape index (κ3) is 2.97. The molecule has 0 radical (unpaired) electrons. The fraction of sp³-hybridized carbons (Fsp3) is 0.0714. The van der Waals surface area contributed by atoms with Crippen LogP contribution in [-0.2, 0) is 0 Å². The van der Waals surface area contributed by atoms with Crippen molar-refractivity contribution in [1.82, 2.24) is 0 Å². The van der Waals surface area contributed by atoms with Crippen molar-refractivity contribution >= 4 is 17.3 Å². The number of nitrogens with one attached hydrogen (secondary N) is 1. The molecule has 0 aliphatic rings. The van der Waals surface area contributed by atoms with Gasteiger partial charge in [-0.05, 0) is 25.1 Å². The summed E-state index contributed by atoms with van der Waals surface area (Å²) in [5, 5.41) is 13.0.